The Kier molecular flexibility index (Phi) is 6.46. The summed E-state index contributed by atoms with van der Waals surface area (Å²) in [6.45, 7) is 8.61. The summed E-state index contributed by atoms with van der Waals surface area (Å²) in [5.41, 5.74) is 3.07. The van der Waals surface area contributed by atoms with Crippen molar-refractivity contribution in [3.8, 4) is 0 Å². The molecule has 3 rings (SSSR count). The molecule has 2 aromatic heterocycles. The van der Waals surface area contributed by atoms with Crippen LogP contribution in [0.4, 0.5) is 5.13 Å². The zero-order chi connectivity index (χ0) is 20.3. The van der Waals surface area contributed by atoms with Crippen LogP contribution >= 0.6 is 11.3 Å². The molecule has 9 heteroatoms. The molecule has 1 aliphatic rings. The molecule has 1 unspecified atom stereocenters. The Morgan fingerprint density at radius 2 is 2.21 bits per heavy atom. The number of rotatable bonds is 8. The minimum atomic E-state index is -0.366. The molecule has 0 bridgehead atoms. The van der Waals surface area contributed by atoms with E-state index in [1.165, 1.54) is 11.3 Å². The summed E-state index contributed by atoms with van der Waals surface area (Å²) in [4.78, 5) is 33.3. The van der Waals surface area contributed by atoms with Crippen LogP contribution < -0.4 is 4.90 Å². The van der Waals surface area contributed by atoms with E-state index in [2.05, 4.69) is 17.0 Å². The van der Waals surface area contributed by atoms with Crippen molar-refractivity contribution in [2.45, 2.75) is 40.3 Å². The monoisotopic (exact) mass is 405 g/mol. The Labute approximate surface area is 169 Å². The van der Waals surface area contributed by atoms with E-state index < -0.39 is 0 Å². The van der Waals surface area contributed by atoms with Crippen molar-refractivity contribution in [1.29, 1.82) is 0 Å². The summed E-state index contributed by atoms with van der Waals surface area (Å²) in [7, 11) is 1.62. The van der Waals surface area contributed by atoms with Gasteiger partial charge in [0.2, 0.25) is 11.8 Å². The number of amides is 2. The molecular formula is C19H27N5O3S. The molecule has 3 heterocycles. The summed E-state index contributed by atoms with van der Waals surface area (Å²) in [5.74, 6) is -0.436. The summed E-state index contributed by atoms with van der Waals surface area (Å²) in [6, 6.07) is 0. The van der Waals surface area contributed by atoms with E-state index in [0.717, 1.165) is 23.5 Å². The number of aromatic nitrogens is 3. The van der Waals surface area contributed by atoms with Gasteiger partial charge in [-0.15, -0.1) is 11.3 Å². The third kappa shape index (κ3) is 4.10. The minimum Gasteiger partial charge on any atom is -0.383 e. The summed E-state index contributed by atoms with van der Waals surface area (Å²) in [5, 5.41) is 7.04. The number of hydrogen-bond acceptors (Lipinski definition) is 6. The summed E-state index contributed by atoms with van der Waals surface area (Å²) in [6.07, 6.45) is 1.89. The molecule has 2 aromatic rings. The minimum absolute atomic E-state index is 0.0208. The van der Waals surface area contributed by atoms with Crippen LogP contribution in [0.1, 0.15) is 30.3 Å². The first-order valence-electron chi connectivity index (χ1n) is 9.46. The third-order valence-corrected chi connectivity index (χ3v) is 5.98. The molecule has 0 spiro atoms. The molecule has 0 aliphatic carbocycles. The van der Waals surface area contributed by atoms with Crippen LogP contribution in [-0.2, 0) is 27.4 Å². The van der Waals surface area contributed by atoms with Crippen molar-refractivity contribution in [1.82, 2.24) is 19.7 Å². The summed E-state index contributed by atoms with van der Waals surface area (Å²) >= 11 is 1.41. The van der Waals surface area contributed by atoms with Gasteiger partial charge in [-0.25, -0.2) is 4.98 Å². The number of ether oxygens (including phenoxy) is 1. The van der Waals surface area contributed by atoms with Crippen molar-refractivity contribution < 1.29 is 14.3 Å². The van der Waals surface area contributed by atoms with Crippen LogP contribution in [0.15, 0.2) is 11.6 Å². The fourth-order valence-corrected chi connectivity index (χ4v) is 4.26. The van der Waals surface area contributed by atoms with E-state index >= 15 is 0 Å². The Bertz CT molecular complexity index is 833. The molecule has 1 aliphatic heterocycles. The lowest BCUT2D eigenvalue weighted by atomic mass is 10.1. The van der Waals surface area contributed by atoms with Crippen LogP contribution in [0, 0.1) is 19.8 Å². The van der Waals surface area contributed by atoms with E-state index in [9.17, 15) is 9.59 Å². The lowest BCUT2D eigenvalue weighted by Crippen LogP contribution is -2.39. The molecule has 0 N–H and O–H groups in total. The Balaban J connectivity index is 1.77. The SMILES string of the molecule is CCn1nc(C)c(CN(CCOC)C(=O)C2CC(=O)N(c3nccs3)C2)c1C. The smallest absolute Gasteiger partial charge is 0.229 e. The van der Waals surface area contributed by atoms with E-state index in [0.29, 0.717) is 31.4 Å². The van der Waals surface area contributed by atoms with E-state index in [-0.39, 0.29) is 24.2 Å². The van der Waals surface area contributed by atoms with Gasteiger partial charge in [-0.2, -0.15) is 5.10 Å². The summed E-state index contributed by atoms with van der Waals surface area (Å²) < 4.78 is 7.16. The number of methoxy groups -OCH3 is 1. The zero-order valence-electron chi connectivity index (χ0n) is 16.8. The Hall–Kier alpha value is -2.26. The Morgan fingerprint density at radius 1 is 1.43 bits per heavy atom. The molecule has 1 fully saturated rings. The molecule has 28 heavy (non-hydrogen) atoms. The van der Waals surface area contributed by atoms with E-state index in [1.54, 1.807) is 23.1 Å². The second kappa shape index (κ2) is 8.83. The van der Waals surface area contributed by atoms with Crippen molar-refractivity contribution in [3.05, 3.63) is 28.5 Å². The molecule has 2 amide bonds. The topological polar surface area (TPSA) is 80.6 Å². The molecule has 1 saturated heterocycles. The van der Waals surface area contributed by atoms with Crippen molar-refractivity contribution in [2.24, 2.45) is 5.92 Å². The quantitative estimate of drug-likeness (QED) is 0.671. The molecule has 1 atom stereocenters. The zero-order valence-corrected chi connectivity index (χ0v) is 17.7. The second-order valence-corrected chi connectivity index (χ2v) is 7.81. The van der Waals surface area contributed by atoms with Gasteiger partial charge in [-0.1, -0.05) is 0 Å². The van der Waals surface area contributed by atoms with Gasteiger partial charge in [0.15, 0.2) is 5.13 Å². The predicted molar refractivity (Wildman–Crippen MR) is 107 cm³/mol. The van der Waals surface area contributed by atoms with Crippen LogP contribution in [0.3, 0.4) is 0 Å². The highest BCUT2D eigenvalue weighted by atomic mass is 32.1. The van der Waals surface area contributed by atoms with Gasteiger partial charge in [0.05, 0.1) is 18.2 Å². The molecule has 152 valence electrons. The number of carbonyl (C=O) groups excluding carboxylic acids is 2. The number of anilines is 1. The molecule has 8 nitrogen and oxygen atoms in total. The van der Waals surface area contributed by atoms with Gasteiger partial charge >= 0.3 is 0 Å². The largest absolute Gasteiger partial charge is 0.383 e. The highest BCUT2D eigenvalue weighted by Gasteiger charge is 2.38. The van der Waals surface area contributed by atoms with Crippen LogP contribution in [0.5, 0.6) is 0 Å². The van der Waals surface area contributed by atoms with Crippen LogP contribution in [0.25, 0.3) is 0 Å². The van der Waals surface area contributed by atoms with Gasteiger partial charge in [-0.05, 0) is 20.8 Å². The Morgan fingerprint density at radius 3 is 2.82 bits per heavy atom. The van der Waals surface area contributed by atoms with E-state index in [1.807, 2.05) is 23.9 Å². The maximum absolute atomic E-state index is 13.3. The first-order valence-corrected chi connectivity index (χ1v) is 10.3. The van der Waals surface area contributed by atoms with Gasteiger partial charge in [-0.3, -0.25) is 19.2 Å². The van der Waals surface area contributed by atoms with Crippen molar-refractivity contribution in [2.75, 3.05) is 31.7 Å². The van der Waals surface area contributed by atoms with Crippen LogP contribution in [-0.4, -0.2) is 58.3 Å². The lowest BCUT2D eigenvalue weighted by molar-refractivity contribution is -0.137. The number of thiazole rings is 1. The second-order valence-electron chi connectivity index (χ2n) is 6.94. The molecular weight excluding hydrogens is 378 g/mol. The number of hydrogen-bond donors (Lipinski definition) is 0. The lowest BCUT2D eigenvalue weighted by Gasteiger charge is -2.25. The maximum Gasteiger partial charge on any atom is 0.229 e. The van der Waals surface area contributed by atoms with Gasteiger partial charge < -0.3 is 9.64 Å². The maximum atomic E-state index is 13.3. The standard InChI is InChI=1S/C19H27N5O3S/c1-5-24-14(3)16(13(2)21-24)12-22(7-8-27-4)18(26)15-10-17(25)23(11-15)19-20-6-9-28-19/h6,9,15H,5,7-8,10-12H2,1-4H3. The number of carbonyl (C=O) groups is 2. The van der Waals surface area contributed by atoms with Crippen molar-refractivity contribution in [3.63, 3.8) is 0 Å². The third-order valence-electron chi connectivity index (χ3n) is 5.18. The van der Waals surface area contributed by atoms with Crippen molar-refractivity contribution >= 4 is 28.3 Å². The number of aryl methyl sites for hydroxylation is 2. The van der Waals surface area contributed by atoms with Crippen LogP contribution in [0.2, 0.25) is 0 Å². The average molecular weight is 406 g/mol. The van der Waals surface area contributed by atoms with Gasteiger partial charge in [0.25, 0.3) is 0 Å². The van der Waals surface area contributed by atoms with Gasteiger partial charge in [0, 0.05) is 62.5 Å². The predicted octanol–water partition coefficient (Wildman–Crippen LogP) is 2.00. The fraction of sp³-hybridized carbons (Fsp3) is 0.579. The highest BCUT2D eigenvalue weighted by Crippen LogP contribution is 2.28. The first-order chi connectivity index (χ1) is 13.5. The number of nitrogens with zero attached hydrogens (tertiary/aromatic N) is 5. The molecule has 0 radical (unpaired) electrons. The van der Waals surface area contributed by atoms with Gasteiger partial charge in [0.1, 0.15) is 0 Å². The molecule has 0 saturated carbocycles. The average Bonchev–Trinajstić information content (AvgIpc) is 3.39. The normalized spacial score (nSPS) is 16.8. The fourth-order valence-electron chi connectivity index (χ4n) is 3.60. The first kappa shape index (κ1) is 20.5. The molecule has 0 aromatic carbocycles. The van der Waals surface area contributed by atoms with E-state index in [4.69, 9.17) is 4.74 Å². The highest BCUT2D eigenvalue weighted by molar-refractivity contribution is 7.13.